The maximum atomic E-state index is 11.8. The number of hydrogen-bond donors (Lipinski definition) is 1. The first-order valence-corrected chi connectivity index (χ1v) is 8.62. The number of alkyl carbamates (subject to hydrolysis) is 1. The van der Waals surface area contributed by atoms with Crippen molar-refractivity contribution in [2.45, 2.75) is 78.6 Å². The molecule has 0 spiro atoms. The average molecular weight is 347 g/mol. The lowest BCUT2D eigenvalue weighted by molar-refractivity contribution is -0.155. The molecular weight excluding hydrogens is 318 g/mol. The van der Waals surface area contributed by atoms with Crippen LogP contribution < -0.4 is 5.32 Å². The van der Waals surface area contributed by atoms with Gasteiger partial charge in [0.2, 0.25) is 0 Å². The summed E-state index contributed by atoms with van der Waals surface area (Å²) >= 11 is 1.10. The van der Waals surface area contributed by atoms with Gasteiger partial charge in [0.05, 0.1) is 0 Å². The summed E-state index contributed by atoms with van der Waals surface area (Å²) in [5, 5.41) is 2.66. The fourth-order valence-corrected chi connectivity index (χ4v) is 2.26. The molecule has 0 aliphatic carbocycles. The van der Waals surface area contributed by atoms with Gasteiger partial charge in [0.1, 0.15) is 11.2 Å². The Morgan fingerprint density at radius 1 is 1.00 bits per heavy atom. The number of nitrogens with one attached hydrogen (secondary N) is 1. The second kappa shape index (κ2) is 9.15. The fraction of sp³-hybridized carbons (Fsp3) is 0.812. The number of ether oxygens (including phenoxy) is 2. The van der Waals surface area contributed by atoms with E-state index in [2.05, 4.69) is 5.32 Å². The first-order valence-electron chi connectivity index (χ1n) is 7.63. The summed E-state index contributed by atoms with van der Waals surface area (Å²) in [6.07, 6.45) is -0.0131. The third-order valence-electron chi connectivity index (χ3n) is 2.33. The van der Waals surface area contributed by atoms with Gasteiger partial charge in [-0.1, -0.05) is 11.8 Å². The minimum Gasteiger partial charge on any atom is -0.460 e. The minimum atomic E-state index is -0.604. The van der Waals surface area contributed by atoms with Gasteiger partial charge in [-0.15, -0.1) is 0 Å². The Morgan fingerprint density at radius 2 is 1.52 bits per heavy atom. The monoisotopic (exact) mass is 347 g/mol. The van der Waals surface area contributed by atoms with Crippen LogP contribution in [-0.4, -0.2) is 40.2 Å². The highest BCUT2D eigenvalue weighted by molar-refractivity contribution is 8.13. The van der Waals surface area contributed by atoms with Crippen molar-refractivity contribution in [1.29, 1.82) is 0 Å². The first kappa shape index (κ1) is 21.8. The van der Waals surface area contributed by atoms with Gasteiger partial charge in [-0.05, 0) is 48.0 Å². The topological polar surface area (TPSA) is 81.7 Å². The number of rotatable bonds is 6. The van der Waals surface area contributed by atoms with Crippen molar-refractivity contribution in [2.75, 3.05) is 5.75 Å². The fourth-order valence-electron chi connectivity index (χ4n) is 1.57. The van der Waals surface area contributed by atoms with Crippen LogP contribution in [0.15, 0.2) is 0 Å². The van der Waals surface area contributed by atoms with Crippen LogP contribution in [0, 0.1) is 0 Å². The largest absolute Gasteiger partial charge is 0.460 e. The molecule has 6 nitrogen and oxygen atoms in total. The molecule has 1 amide bonds. The van der Waals surface area contributed by atoms with Crippen molar-refractivity contribution in [2.24, 2.45) is 0 Å². The molecule has 0 bridgehead atoms. The molecule has 23 heavy (non-hydrogen) atoms. The molecule has 0 aromatic rings. The van der Waals surface area contributed by atoms with Crippen LogP contribution in [0.1, 0.15) is 61.3 Å². The first-order chi connectivity index (χ1) is 10.3. The van der Waals surface area contributed by atoms with E-state index in [9.17, 15) is 14.4 Å². The molecule has 0 fully saturated rings. The van der Waals surface area contributed by atoms with Gasteiger partial charge in [-0.25, -0.2) is 4.79 Å². The zero-order valence-electron chi connectivity index (χ0n) is 15.1. The van der Waals surface area contributed by atoms with Crippen LogP contribution in [0.3, 0.4) is 0 Å². The van der Waals surface area contributed by atoms with Gasteiger partial charge in [-0.3, -0.25) is 9.59 Å². The Morgan fingerprint density at radius 3 is 1.96 bits per heavy atom. The molecule has 0 aromatic heterocycles. The van der Waals surface area contributed by atoms with Gasteiger partial charge >= 0.3 is 12.1 Å². The lowest BCUT2D eigenvalue weighted by atomic mass is 10.1. The molecule has 0 rings (SSSR count). The van der Waals surface area contributed by atoms with E-state index in [1.165, 1.54) is 6.92 Å². The normalized spacial score (nSPS) is 13.2. The second-order valence-electron chi connectivity index (χ2n) is 7.27. The highest BCUT2D eigenvalue weighted by atomic mass is 32.2. The maximum Gasteiger partial charge on any atom is 0.407 e. The van der Waals surface area contributed by atoms with Gasteiger partial charge in [0.15, 0.2) is 5.12 Å². The molecular formula is C16H29NO5S. The highest BCUT2D eigenvalue weighted by Crippen LogP contribution is 2.14. The van der Waals surface area contributed by atoms with Crippen LogP contribution >= 0.6 is 11.8 Å². The van der Waals surface area contributed by atoms with Crippen LogP contribution in [0.25, 0.3) is 0 Å². The molecule has 0 aromatic carbocycles. The van der Waals surface area contributed by atoms with Crippen molar-refractivity contribution in [3.63, 3.8) is 0 Å². The second-order valence-corrected chi connectivity index (χ2v) is 8.47. The number of esters is 1. The van der Waals surface area contributed by atoms with Gasteiger partial charge in [-0.2, -0.15) is 0 Å². The van der Waals surface area contributed by atoms with E-state index < -0.39 is 17.3 Å². The highest BCUT2D eigenvalue weighted by Gasteiger charge is 2.22. The lowest BCUT2D eigenvalue weighted by Crippen LogP contribution is -2.41. The van der Waals surface area contributed by atoms with Crippen molar-refractivity contribution < 1.29 is 23.9 Å². The van der Waals surface area contributed by atoms with Crippen LogP contribution in [-0.2, 0) is 19.1 Å². The Kier molecular flexibility index (Phi) is 8.66. The van der Waals surface area contributed by atoms with Crippen LogP contribution in [0.4, 0.5) is 4.79 Å². The number of carbonyl (C=O) groups excluding carboxylic acids is 3. The van der Waals surface area contributed by atoms with Gasteiger partial charge < -0.3 is 14.8 Å². The number of carbonyl (C=O) groups is 3. The molecule has 7 heteroatoms. The predicted octanol–water partition coefficient (Wildman–Crippen LogP) is 3.28. The zero-order chi connectivity index (χ0) is 18.3. The molecule has 0 aliphatic rings. The van der Waals surface area contributed by atoms with E-state index in [-0.39, 0.29) is 23.5 Å². The van der Waals surface area contributed by atoms with E-state index in [4.69, 9.17) is 9.47 Å². The van der Waals surface area contributed by atoms with Crippen molar-refractivity contribution in [3.05, 3.63) is 0 Å². The molecule has 0 unspecified atom stereocenters. The van der Waals surface area contributed by atoms with E-state index in [0.717, 1.165) is 11.8 Å². The molecule has 0 radical (unpaired) electrons. The summed E-state index contributed by atoms with van der Waals surface area (Å²) < 4.78 is 10.4. The van der Waals surface area contributed by atoms with Crippen molar-refractivity contribution >= 4 is 28.9 Å². The Balaban J connectivity index is 4.53. The molecule has 134 valence electrons. The number of thioether (sulfide) groups is 1. The minimum absolute atomic E-state index is 0.0433. The van der Waals surface area contributed by atoms with E-state index in [0.29, 0.717) is 12.2 Å². The lowest BCUT2D eigenvalue weighted by Gasteiger charge is -2.24. The third-order valence-corrected chi connectivity index (χ3v) is 3.30. The smallest absolute Gasteiger partial charge is 0.407 e. The summed E-state index contributed by atoms with van der Waals surface area (Å²) in [7, 11) is 0. The van der Waals surface area contributed by atoms with Gasteiger partial charge in [0.25, 0.3) is 0 Å². The molecule has 0 heterocycles. The summed E-state index contributed by atoms with van der Waals surface area (Å²) in [6, 6.07) is -0.341. The summed E-state index contributed by atoms with van der Waals surface area (Å²) in [4.78, 5) is 34.7. The van der Waals surface area contributed by atoms with Crippen molar-refractivity contribution in [1.82, 2.24) is 5.32 Å². The molecule has 1 N–H and O–H groups in total. The summed E-state index contributed by atoms with van der Waals surface area (Å²) in [5.41, 5.74) is -1.15. The molecule has 0 saturated heterocycles. The Hall–Kier alpha value is -1.24. The van der Waals surface area contributed by atoms with Crippen molar-refractivity contribution in [3.8, 4) is 0 Å². The van der Waals surface area contributed by atoms with E-state index in [1.54, 1.807) is 41.5 Å². The maximum absolute atomic E-state index is 11.8. The van der Waals surface area contributed by atoms with E-state index >= 15 is 0 Å². The Bertz CT molecular complexity index is 423. The molecule has 1 atom stereocenters. The standard InChI is InChI=1S/C16H29NO5S/c1-11(18)23-10-12(17-14(20)22-16(5,6)7)8-9-13(19)21-15(2,3)4/h12H,8-10H2,1-7H3,(H,17,20)/t12-/m0/s1. The van der Waals surface area contributed by atoms with Crippen LogP contribution in [0.5, 0.6) is 0 Å². The number of hydrogen-bond acceptors (Lipinski definition) is 6. The SMILES string of the molecule is CC(=O)SC[C@H](CCC(=O)OC(C)(C)C)NC(=O)OC(C)(C)C. The van der Waals surface area contributed by atoms with Gasteiger partial charge in [0, 0.05) is 25.1 Å². The molecule has 0 saturated carbocycles. The summed E-state index contributed by atoms with van der Waals surface area (Å²) in [6.45, 7) is 12.2. The predicted molar refractivity (Wildman–Crippen MR) is 91.4 cm³/mol. The average Bonchev–Trinajstić information content (AvgIpc) is 2.27. The number of amides is 1. The summed E-state index contributed by atoms with van der Waals surface area (Å²) in [5.74, 6) is 0.0542. The van der Waals surface area contributed by atoms with E-state index in [1.807, 2.05) is 0 Å². The molecule has 0 aliphatic heterocycles. The Labute approximate surface area is 143 Å². The quantitative estimate of drug-likeness (QED) is 0.743. The van der Waals surface area contributed by atoms with Crippen LogP contribution in [0.2, 0.25) is 0 Å². The zero-order valence-corrected chi connectivity index (χ0v) is 16.0. The third kappa shape index (κ3) is 14.1.